The lowest BCUT2D eigenvalue weighted by molar-refractivity contribution is 1.62. The van der Waals surface area contributed by atoms with Gasteiger partial charge in [-0.05, 0) is 138 Å². The average Bonchev–Trinajstić information content (AvgIpc) is 3.34. The van der Waals surface area contributed by atoms with Crippen molar-refractivity contribution in [1.82, 2.24) is 0 Å². The van der Waals surface area contributed by atoms with Gasteiger partial charge in [-0.25, -0.2) is 0 Å². The van der Waals surface area contributed by atoms with Crippen LogP contribution in [0.2, 0.25) is 0 Å². The minimum Gasteiger partial charge on any atom is -0.0622 e. The summed E-state index contributed by atoms with van der Waals surface area (Å²) in [5.41, 5.74) is 12.3. The molecule has 0 aromatic heterocycles. The van der Waals surface area contributed by atoms with Crippen molar-refractivity contribution >= 4 is 76.8 Å². The third-order valence-corrected chi connectivity index (χ3v) is 12.8. The minimum atomic E-state index is 1.16. The van der Waals surface area contributed by atoms with Crippen LogP contribution in [0.15, 0.2) is 231 Å². The summed E-state index contributed by atoms with van der Waals surface area (Å²) in [6.45, 7) is 0. The number of hydrogen-bond donors (Lipinski definition) is 0. The summed E-state index contributed by atoms with van der Waals surface area (Å²) in [6.07, 6.45) is 4.57. The number of fused-ring (bicyclic) bond motifs is 6. The fourth-order valence-electron chi connectivity index (χ4n) is 9.89. The zero-order valence-electron chi connectivity index (χ0n) is 34.1. The van der Waals surface area contributed by atoms with Crippen LogP contribution in [0, 0.1) is 0 Å². The monoisotopic (exact) mass is 784 g/mol. The van der Waals surface area contributed by atoms with E-state index in [9.17, 15) is 0 Å². The van der Waals surface area contributed by atoms with Crippen LogP contribution in [0.5, 0.6) is 0 Å². The Hall–Kier alpha value is -8.06. The fourth-order valence-corrected chi connectivity index (χ4v) is 9.89. The molecule has 12 aromatic rings. The maximum absolute atomic E-state index is 2.42. The molecule has 0 radical (unpaired) electrons. The molecule has 0 saturated heterocycles. The van der Waals surface area contributed by atoms with Gasteiger partial charge in [-0.1, -0.05) is 224 Å². The molecule has 0 saturated carbocycles. The number of hydrogen-bond acceptors (Lipinski definition) is 0. The largest absolute Gasteiger partial charge is 0.0622 e. The quantitative estimate of drug-likeness (QED) is 0.116. The smallest absolute Gasteiger partial charge is 0.00259 e. The molecule has 0 bridgehead atoms. The van der Waals surface area contributed by atoms with Crippen molar-refractivity contribution in [2.24, 2.45) is 0 Å². The molecule has 0 aliphatic rings. The molecule has 0 aliphatic heterocycles. The lowest BCUT2D eigenvalue weighted by atomic mass is 9.84. The maximum Gasteiger partial charge on any atom is -0.00259 e. The Morgan fingerprint density at radius 2 is 0.613 bits per heavy atom. The lowest BCUT2D eigenvalue weighted by Gasteiger charge is -2.19. The van der Waals surface area contributed by atoms with Crippen LogP contribution in [0.3, 0.4) is 0 Å². The van der Waals surface area contributed by atoms with Crippen LogP contribution in [0.1, 0.15) is 11.1 Å². The Bertz CT molecular complexity index is 3660. The van der Waals surface area contributed by atoms with Crippen molar-refractivity contribution in [3.05, 3.63) is 242 Å². The zero-order chi connectivity index (χ0) is 41.0. The summed E-state index contributed by atoms with van der Waals surface area (Å²) in [5.74, 6) is 0. The normalized spacial score (nSPS) is 11.8. The van der Waals surface area contributed by atoms with Crippen molar-refractivity contribution < 1.29 is 0 Å². The van der Waals surface area contributed by atoms with E-state index in [0.717, 1.165) is 5.56 Å². The van der Waals surface area contributed by atoms with Crippen LogP contribution in [-0.4, -0.2) is 0 Å². The molecule has 0 N–H and O–H groups in total. The summed E-state index contributed by atoms with van der Waals surface area (Å²) >= 11 is 0. The van der Waals surface area contributed by atoms with Gasteiger partial charge in [0.1, 0.15) is 0 Å². The van der Waals surface area contributed by atoms with Crippen molar-refractivity contribution in [3.63, 3.8) is 0 Å². The molecular weight excluding hydrogens is 745 g/mol. The van der Waals surface area contributed by atoms with Crippen LogP contribution >= 0.6 is 0 Å². The van der Waals surface area contributed by atoms with E-state index in [1.54, 1.807) is 0 Å². The summed E-state index contributed by atoms with van der Waals surface area (Å²) < 4.78 is 0. The maximum atomic E-state index is 2.42. The second-order valence-electron chi connectivity index (χ2n) is 16.4. The van der Waals surface area contributed by atoms with Gasteiger partial charge < -0.3 is 0 Å². The average molecular weight is 785 g/mol. The first-order chi connectivity index (χ1) is 30.7. The molecule has 0 spiro atoms. The summed E-state index contributed by atoms with van der Waals surface area (Å²) in [5, 5.41) is 15.1. The third-order valence-electron chi connectivity index (χ3n) is 12.8. The number of rotatable bonds is 6. The molecule has 12 aromatic carbocycles. The van der Waals surface area contributed by atoms with Gasteiger partial charge in [0, 0.05) is 0 Å². The summed E-state index contributed by atoms with van der Waals surface area (Å²) in [7, 11) is 0. The van der Waals surface area contributed by atoms with E-state index in [0.29, 0.717) is 0 Å². The van der Waals surface area contributed by atoms with Gasteiger partial charge in [0.15, 0.2) is 0 Å². The van der Waals surface area contributed by atoms with Gasteiger partial charge in [-0.3, -0.25) is 0 Å². The minimum absolute atomic E-state index is 1.16. The molecule has 0 fully saturated rings. The second-order valence-corrected chi connectivity index (χ2v) is 16.4. The molecule has 0 amide bonds. The van der Waals surface area contributed by atoms with Crippen molar-refractivity contribution in [2.75, 3.05) is 0 Å². The van der Waals surface area contributed by atoms with Crippen molar-refractivity contribution in [3.8, 4) is 44.5 Å². The Morgan fingerprint density at radius 1 is 0.210 bits per heavy atom. The standard InChI is InChI=1S/C62H40/c1-2-16-45(17-3-1)60-54-22-10-8-20-51(54)53(52-21-9-11-23-55(52)60)36-28-41-26-29-44(30-27-41)48-35-37-58-59(40-48)62(50-34-32-43-15-5-7-19-47(43)39-50)57-25-13-12-24-56(57)61(58)49-33-31-42-14-4-6-18-46(42)38-49/h1-40H/b36-28+. The molecular formula is C62H40. The van der Waals surface area contributed by atoms with E-state index in [1.165, 1.54) is 115 Å². The molecule has 62 heavy (non-hydrogen) atoms. The first-order valence-electron chi connectivity index (χ1n) is 21.5. The summed E-state index contributed by atoms with van der Waals surface area (Å²) in [6, 6.07) is 84.7. The third kappa shape index (κ3) is 6.08. The first kappa shape index (κ1) is 35.8. The van der Waals surface area contributed by atoms with E-state index in [4.69, 9.17) is 0 Å². The molecule has 12 rings (SSSR count). The fraction of sp³-hybridized carbons (Fsp3) is 0. The highest BCUT2D eigenvalue weighted by Crippen LogP contribution is 2.46. The number of benzene rings is 12. The predicted octanol–water partition coefficient (Wildman–Crippen LogP) is 17.4. The van der Waals surface area contributed by atoms with E-state index in [2.05, 4.69) is 243 Å². The lowest BCUT2D eigenvalue weighted by Crippen LogP contribution is -1.92. The molecule has 0 atom stereocenters. The second kappa shape index (κ2) is 14.9. The van der Waals surface area contributed by atoms with E-state index in [1.807, 2.05) is 0 Å². The van der Waals surface area contributed by atoms with Crippen LogP contribution in [0.25, 0.3) is 121 Å². The van der Waals surface area contributed by atoms with Gasteiger partial charge in [0.05, 0.1) is 0 Å². The molecule has 288 valence electrons. The predicted molar refractivity (Wildman–Crippen MR) is 269 cm³/mol. The van der Waals surface area contributed by atoms with Crippen molar-refractivity contribution in [1.29, 1.82) is 0 Å². The Kier molecular flexibility index (Phi) is 8.61. The van der Waals surface area contributed by atoms with E-state index in [-0.39, 0.29) is 0 Å². The first-order valence-corrected chi connectivity index (χ1v) is 21.5. The zero-order valence-corrected chi connectivity index (χ0v) is 34.1. The highest BCUT2D eigenvalue weighted by molar-refractivity contribution is 6.23. The van der Waals surface area contributed by atoms with Gasteiger partial charge in [0.2, 0.25) is 0 Å². The molecule has 0 heteroatoms. The van der Waals surface area contributed by atoms with Crippen LogP contribution in [0.4, 0.5) is 0 Å². The molecule has 0 aliphatic carbocycles. The van der Waals surface area contributed by atoms with Gasteiger partial charge in [-0.15, -0.1) is 0 Å². The Labute approximate surface area is 361 Å². The van der Waals surface area contributed by atoms with E-state index >= 15 is 0 Å². The van der Waals surface area contributed by atoms with Gasteiger partial charge in [-0.2, -0.15) is 0 Å². The van der Waals surface area contributed by atoms with Crippen LogP contribution < -0.4 is 0 Å². The van der Waals surface area contributed by atoms with E-state index < -0.39 is 0 Å². The van der Waals surface area contributed by atoms with Gasteiger partial charge in [0.25, 0.3) is 0 Å². The molecule has 0 unspecified atom stereocenters. The molecule has 0 heterocycles. The highest BCUT2D eigenvalue weighted by Gasteiger charge is 2.19. The Morgan fingerprint density at radius 3 is 1.18 bits per heavy atom. The molecule has 0 nitrogen and oxygen atoms in total. The SMILES string of the molecule is C(=C\c1c2ccccc2c(-c2ccccc2)c2ccccc12)/c1ccc(-c2ccc3c(-c4ccc5ccccc5c4)c4ccccc4c(-c4ccc5ccccc5c4)c3c2)cc1. The van der Waals surface area contributed by atoms with Gasteiger partial charge >= 0.3 is 0 Å². The van der Waals surface area contributed by atoms with Crippen LogP contribution in [-0.2, 0) is 0 Å². The highest BCUT2D eigenvalue weighted by atomic mass is 14.2. The Balaban J connectivity index is 0.998. The summed E-state index contributed by atoms with van der Waals surface area (Å²) in [4.78, 5) is 0. The van der Waals surface area contributed by atoms with Crippen molar-refractivity contribution in [2.45, 2.75) is 0 Å². The topological polar surface area (TPSA) is 0 Å².